The van der Waals surface area contributed by atoms with E-state index in [1.165, 1.54) is 0 Å². The molecule has 7 heteroatoms. The topological polar surface area (TPSA) is 69.4 Å². The second kappa shape index (κ2) is 6.90. The van der Waals surface area contributed by atoms with Gasteiger partial charge in [0.2, 0.25) is 5.43 Å². The number of aryl methyl sites for hydroxylation is 2. The number of carbonyl (C=O) groups excluding carboxylic acids is 1. The van der Waals surface area contributed by atoms with E-state index in [1.807, 2.05) is 45.9 Å². The average molecular weight is 396 g/mol. The van der Waals surface area contributed by atoms with Gasteiger partial charge in [0.15, 0.2) is 0 Å². The van der Waals surface area contributed by atoms with Gasteiger partial charge in [0.05, 0.1) is 17.2 Å². The zero-order valence-corrected chi connectivity index (χ0v) is 17.7. The Bertz CT molecular complexity index is 1140. The first kappa shape index (κ1) is 19.5. The van der Waals surface area contributed by atoms with Crippen molar-refractivity contribution in [3.8, 4) is 0 Å². The molecule has 0 unspecified atom stereocenters. The fourth-order valence-corrected chi connectivity index (χ4v) is 4.19. The summed E-state index contributed by atoms with van der Waals surface area (Å²) in [5.41, 5.74) is 2.98. The van der Waals surface area contributed by atoms with Crippen LogP contribution in [0.3, 0.4) is 0 Å². The molecule has 1 amide bonds. The van der Waals surface area contributed by atoms with Crippen LogP contribution in [-0.2, 0) is 11.8 Å². The molecule has 0 aliphatic carbocycles. The maximum atomic E-state index is 13.1. The van der Waals surface area contributed by atoms with E-state index in [4.69, 9.17) is 4.74 Å². The van der Waals surface area contributed by atoms with Crippen molar-refractivity contribution >= 4 is 28.0 Å². The molecule has 0 saturated carbocycles. The Morgan fingerprint density at radius 3 is 2.52 bits per heavy atom. The minimum atomic E-state index is -0.497. The molecule has 154 valence electrons. The summed E-state index contributed by atoms with van der Waals surface area (Å²) in [6.07, 6.45) is 3.11. The smallest absolute Gasteiger partial charge is 0.410 e. The Hall–Kier alpha value is -2.83. The number of nitrogens with zero attached hydrogens (tertiary/aromatic N) is 4. The molecule has 3 heterocycles. The highest BCUT2D eigenvalue weighted by atomic mass is 16.6. The number of carbonyl (C=O) groups is 1. The van der Waals surface area contributed by atoms with E-state index in [1.54, 1.807) is 22.8 Å². The number of piperidine rings is 1. The molecule has 1 fully saturated rings. The van der Waals surface area contributed by atoms with Crippen LogP contribution in [0.5, 0.6) is 0 Å². The predicted molar refractivity (Wildman–Crippen MR) is 113 cm³/mol. The number of amides is 1. The molecule has 0 spiro atoms. The van der Waals surface area contributed by atoms with Crippen LogP contribution in [-0.4, -0.2) is 44.0 Å². The van der Waals surface area contributed by atoms with E-state index in [9.17, 15) is 9.59 Å². The molecule has 1 saturated heterocycles. The molecule has 1 aliphatic rings. The van der Waals surface area contributed by atoms with E-state index in [-0.39, 0.29) is 17.6 Å². The number of aromatic nitrogens is 3. The van der Waals surface area contributed by atoms with Crippen LogP contribution < -0.4 is 5.43 Å². The van der Waals surface area contributed by atoms with Crippen LogP contribution in [0.4, 0.5) is 4.79 Å². The third-order valence-electron chi connectivity index (χ3n) is 5.53. The van der Waals surface area contributed by atoms with E-state index in [2.05, 4.69) is 9.67 Å². The number of ether oxygens (including phenoxy) is 1. The lowest BCUT2D eigenvalue weighted by Gasteiger charge is -2.35. The molecule has 0 radical (unpaired) electrons. The standard InChI is InChI=1S/C22H28N4O3/c1-14-6-7-17-16(12-14)20(27)19-18(13-23-24(19)5)26(17)15-8-10-25(11-9-15)21(28)29-22(2,3)4/h6-7,12-13,15H,8-11H2,1-5H3. The number of likely N-dealkylation sites (tertiary alicyclic amines) is 1. The van der Waals surface area contributed by atoms with Crippen LogP contribution >= 0.6 is 0 Å². The third kappa shape index (κ3) is 3.50. The van der Waals surface area contributed by atoms with Crippen molar-refractivity contribution < 1.29 is 9.53 Å². The van der Waals surface area contributed by atoms with Crippen molar-refractivity contribution in [2.24, 2.45) is 7.05 Å². The molecule has 2 aromatic heterocycles. The molecule has 0 atom stereocenters. The van der Waals surface area contributed by atoms with Crippen molar-refractivity contribution in [1.29, 1.82) is 0 Å². The number of fused-ring (bicyclic) bond motifs is 2. The van der Waals surface area contributed by atoms with Crippen molar-refractivity contribution in [2.75, 3.05) is 13.1 Å². The maximum absolute atomic E-state index is 13.1. The molecule has 1 aromatic carbocycles. The summed E-state index contributed by atoms with van der Waals surface area (Å²) in [6.45, 7) is 8.89. The van der Waals surface area contributed by atoms with E-state index < -0.39 is 5.60 Å². The van der Waals surface area contributed by atoms with Gasteiger partial charge in [0.1, 0.15) is 11.1 Å². The largest absolute Gasteiger partial charge is 0.444 e. The number of hydrogen-bond donors (Lipinski definition) is 0. The second-order valence-corrected chi connectivity index (χ2v) is 8.92. The summed E-state index contributed by atoms with van der Waals surface area (Å²) in [7, 11) is 1.81. The van der Waals surface area contributed by atoms with Gasteiger partial charge in [-0.3, -0.25) is 9.48 Å². The lowest BCUT2D eigenvalue weighted by molar-refractivity contribution is 0.0191. The van der Waals surface area contributed by atoms with Crippen LogP contribution in [0.15, 0.2) is 29.2 Å². The number of benzene rings is 1. The molecule has 1 aliphatic heterocycles. The van der Waals surface area contributed by atoms with Crippen molar-refractivity contribution in [3.05, 3.63) is 40.2 Å². The van der Waals surface area contributed by atoms with Gasteiger partial charge in [-0.05, 0) is 52.7 Å². The summed E-state index contributed by atoms with van der Waals surface area (Å²) in [5, 5.41) is 5.07. The molecule has 0 bridgehead atoms. The van der Waals surface area contributed by atoms with E-state index in [0.29, 0.717) is 18.6 Å². The molecule has 4 rings (SSSR count). The van der Waals surface area contributed by atoms with Crippen LogP contribution in [0, 0.1) is 6.92 Å². The Labute approximate surface area is 169 Å². The molecule has 0 N–H and O–H groups in total. The maximum Gasteiger partial charge on any atom is 0.410 e. The van der Waals surface area contributed by atoms with Gasteiger partial charge in [-0.15, -0.1) is 0 Å². The van der Waals surface area contributed by atoms with Gasteiger partial charge >= 0.3 is 6.09 Å². The molecular weight excluding hydrogens is 368 g/mol. The van der Waals surface area contributed by atoms with Crippen molar-refractivity contribution in [1.82, 2.24) is 19.2 Å². The van der Waals surface area contributed by atoms with Crippen LogP contribution in [0.2, 0.25) is 0 Å². The van der Waals surface area contributed by atoms with Gasteiger partial charge in [-0.2, -0.15) is 5.10 Å². The SMILES string of the molecule is Cc1ccc2c(c1)c(=O)c1c(cnn1C)n2C1CCN(C(=O)OC(C)(C)C)CC1. The first-order valence-electron chi connectivity index (χ1n) is 10.1. The summed E-state index contributed by atoms with van der Waals surface area (Å²) in [6, 6.07) is 6.21. The minimum Gasteiger partial charge on any atom is -0.444 e. The van der Waals surface area contributed by atoms with Gasteiger partial charge < -0.3 is 14.2 Å². The quantitative estimate of drug-likeness (QED) is 0.628. The Morgan fingerprint density at radius 1 is 1.17 bits per heavy atom. The van der Waals surface area contributed by atoms with Gasteiger partial charge in [0.25, 0.3) is 0 Å². The van der Waals surface area contributed by atoms with Crippen molar-refractivity contribution in [3.63, 3.8) is 0 Å². The lowest BCUT2D eigenvalue weighted by Crippen LogP contribution is -2.42. The number of pyridine rings is 1. The highest BCUT2D eigenvalue weighted by molar-refractivity contribution is 5.92. The second-order valence-electron chi connectivity index (χ2n) is 8.92. The normalized spacial score (nSPS) is 16.0. The van der Waals surface area contributed by atoms with E-state index in [0.717, 1.165) is 34.8 Å². The molecule has 7 nitrogen and oxygen atoms in total. The predicted octanol–water partition coefficient (Wildman–Crippen LogP) is 3.77. The zero-order valence-electron chi connectivity index (χ0n) is 17.7. The first-order valence-corrected chi connectivity index (χ1v) is 10.1. The third-order valence-corrected chi connectivity index (χ3v) is 5.53. The molecule has 29 heavy (non-hydrogen) atoms. The Kier molecular flexibility index (Phi) is 4.63. The minimum absolute atomic E-state index is 0.0149. The van der Waals surface area contributed by atoms with Gasteiger partial charge in [0, 0.05) is 31.6 Å². The lowest BCUT2D eigenvalue weighted by atomic mass is 10.0. The Balaban J connectivity index is 1.72. The summed E-state index contributed by atoms with van der Waals surface area (Å²) >= 11 is 0. The van der Waals surface area contributed by atoms with Crippen LogP contribution in [0.1, 0.15) is 45.2 Å². The average Bonchev–Trinajstić information content (AvgIpc) is 3.03. The highest BCUT2D eigenvalue weighted by Crippen LogP contribution is 2.30. The van der Waals surface area contributed by atoms with E-state index >= 15 is 0 Å². The summed E-state index contributed by atoms with van der Waals surface area (Å²) < 4.78 is 9.42. The number of rotatable bonds is 1. The molecule has 3 aromatic rings. The Morgan fingerprint density at radius 2 is 1.86 bits per heavy atom. The monoisotopic (exact) mass is 396 g/mol. The molecular formula is C22H28N4O3. The number of hydrogen-bond acceptors (Lipinski definition) is 4. The first-order chi connectivity index (χ1) is 13.7. The van der Waals surface area contributed by atoms with Gasteiger partial charge in [-0.1, -0.05) is 11.6 Å². The van der Waals surface area contributed by atoms with Crippen LogP contribution in [0.25, 0.3) is 21.9 Å². The highest BCUT2D eigenvalue weighted by Gasteiger charge is 2.29. The van der Waals surface area contributed by atoms with Gasteiger partial charge in [-0.25, -0.2) is 4.79 Å². The summed E-state index contributed by atoms with van der Waals surface area (Å²) in [5.74, 6) is 0. The summed E-state index contributed by atoms with van der Waals surface area (Å²) in [4.78, 5) is 27.3. The fourth-order valence-electron chi connectivity index (χ4n) is 4.19. The zero-order chi connectivity index (χ0) is 20.9. The fraction of sp³-hybridized carbons (Fsp3) is 0.500. The van der Waals surface area contributed by atoms with Crippen molar-refractivity contribution in [2.45, 2.75) is 52.2 Å².